The molecule has 6 rings (SSSR count). The number of carbonyl (C=O) groups is 2. The maximum Gasteiger partial charge on any atom is 0.317 e. The SMILES string of the molecule is Nc1nc2c(ncn2[C@@H]2O[C@H](COC(=O)CC(=O)OCc3ccccc3)[C@H]3OC(c4ccccc4)O[C@H]32)c(=O)[nH]1. The number of nitrogen functional groups attached to an aromatic ring is 1. The van der Waals surface area contributed by atoms with Crippen molar-refractivity contribution in [2.45, 2.75) is 43.9 Å². The molecule has 0 bridgehead atoms. The Morgan fingerprint density at radius 1 is 0.950 bits per heavy atom. The molecule has 0 saturated carbocycles. The number of carbonyl (C=O) groups excluding carboxylic acids is 2. The number of hydrogen-bond acceptors (Lipinski definition) is 11. The van der Waals surface area contributed by atoms with Gasteiger partial charge in [-0.15, -0.1) is 0 Å². The lowest BCUT2D eigenvalue weighted by Crippen LogP contribution is -2.32. The van der Waals surface area contributed by atoms with Gasteiger partial charge in [-0.2, -0.15) is 4.98 Å². The molecule has 1 unspecified atom stereocenters. The van der Waals surface area contributed by atoms with Crippen LogP contribution in [0.25, 0.3) is 11.2 Å². The smallest absolute Gasteiger partial charge is 0.317 e. The number of nitrogens with one attached hydrogen (secondary N) is 1. The number of benzene rings is 2. The zero-order valence-corrected chi connectivity index (χ0v) is 21.0. The summed E-state index contributed by atoms with van der Waals surface area (Å²) in [6.07, 6.45) is -2.75. The lowest BCUT2D eigenvalue weighted by atomic mass is 10.1. The Hall–Kier alpha value is -4.59. The number of hydrogen-bond donors (Lipinski definition) is 2. The first-order chi connectivity index (χ1) is 19.5. The summed E-state index contributed by atoms with van der Waals surface area (Å²) in [5, 5.41) is 0. The van der Waals surface area contributed by atoms with Gasteiger partial charge in [0.15, 0.2) is 23.7 Å². The number of rotatable bonds is 8. The molecule has 0 radical (unpaired) electrons. The standard InChI is InChI=1S/C27H25N5O8/c28-27-30-23-20(24(35)31-27)29-14-32(23)25-22-21(39-26(40-22)16-9-5-2-6-10-16)17(38-25)13-37-19(34)11-18(33)36-12-15-7-3-1-4-8-15/h1-10,14,17,21-22,25-26H,11-13H2,(H3,28,30,31,35)/t17-,21-,22-,25-,26?/m1/s1. The van der Waals surface area contributed by atoms with E-state index in [4.69, 9.17) is 29.4 Å². The van der Waals surface area contributed by atoms with Crippen LogP contribution in [0.3, 0.4) is 0 Å². The number of aromatic nitrogens is 4. The van der Waals surface area contributed by atoms with E-state index in [-0.39, 0.29) is 30.3 Å². The third kappa shape index (κ3) is 5.17. The Morgan fingerprint density at radius 3 is 2.42 bits per heavy atom. The van der Waals surface area contributed by atoms with Crippen LogP contribution in [0.5, 0.6) is 0 Å². The van der Waals surface area contributed by atoms with Crippen LogP contribution in [0.15, 0.2) is 71.8 Å². The van der Waals surface area contributed by atoms with Crippen molar-refractivity contribution in [3.05, 3.63) is 88.5 Å². The average molecular weight is 548 g/mol. The molecule has 0 aliphatic carbocycles. The largest absolute Gasteiger partial charge is 0.462 e. The molecule has 0 spiro atoms. The lowest BCUT2D eigenvalue weighted by Gasteiger charge is -2.21. The molecule has 4 heterocycles. The molecular formula is C27H25N5O8. The second-order valence-corrected chi connectivity index (χ2v) is 9.29. The number of nitrogens with zero attached hydrogens (tertiary/aromatic N) is 3. The van der Waals surface area contributed by atoms with Gasteiger partial charge in [-0.25, -0.2) is 4.98 Å². The number of fused-ring (bicyclic) bond motifs is 2. The molecular weight excluding hydrogens is 522 g/mol. The molecule has 13 heteroatoms. The number of ether oxygens (including phenoxy) is 5. The monoisotopic (exact) mass is 547 g/mol. The zero-order chi connectivity index (χ0) is 27.6. The van der Waals surface area contributed by atoms with Gasteiger partial charge in [0.25, 0.3) is 5.56 Å². The van der Waals surface area contributed by atoms with E-state index in [1.54, 1.807) is 0 Å². The van der Waals surface area contributed by atoms with E-state index in [0.29, 0.717) is 0 Å². The first kappa shape index (κ1) is 25.7. The third-order valence-electron chi connectivity index (χ3n) is 6.58. The Balaban J connectivity index is 1.16. The molecule has 2 aliphatic rings. The van der Waals surface area contributed by atoms with E-state index < -0.39 is 54.7 Å². The molecule has 0 amide bonds. The van der Waals surface area contributed by atoms with Crippen molar-refractivity contribution in [3.63, 3.8) is 0 Å². The van der Waals surface area contributed by atoms with Crippen LogP contribution < -0.4 is 11.3 Å². The fourth-order valence-corrected chi connectivity index (χ4v) is 4.72. The minimum Gasteiger partial charge on any atom is -0.462 e. The predicted molar refractivity (Wildman–Crippen MR) is 137 cm³/mol. The molecule has 206 valence electrons. The second kappa shape index (κ2) is 10.9. The molecule has 5 atom stereocenters. The maximum absolute atomic E-state index is 12.4. The highest BCUT2D eigenvalue weighted by Gasteiger charge is 2.54. The Labute approximate surface area is 226 Å². The Morgan fingerprint density at radius 2 is 1.65 bits per heavy atom. The van der Waals surface area contributed by atoms with E-state index in [2.05, 4.69) is 15.0 Å². The molecule has 4 aromatic rings. The Kier molecular flexibility index (Phi) is 6.99. The summed E-state index contributed by atoms with van der Waals surface area (Å²) in [6.45, 7) is -0.160. The molecule has 2 saturated heterocycles. The summed E-state index contributed by atoms with van der Waals surface area (Å²) in [7, 11) is 0. The highest BCUT2D eigenvalue weighted by atomic mass is 16.8. The van der Waals surface area contributed by atoms with Crippen molar-refractivity contribution in [2.24, 2.45) is 0 Å². The number of anilines is 1. The molecule has 3 N–H and O–H groups in total. The highest BCUT2D eigenvalue weighted by molar-refractivity contribution is 5.91. The summed E-state index contributed by atoms with van der Waals surface area (Å²) in [6, 6.07) is 18.5. The van der Waals surface area contributed by atoms with Gasteiger partial charge in [0.1, 0.15) is 37.9 Å². The minimum absolute atomic E-state index is 0.0520. The van der Waals surface area contributed by atoms with Gasteiger partial charge in [-0.05, 0) is 5.56 Å². The van der Waals surface area contributed by atoms with Gasteiger partial charge in [-0.3, -0.25) is 23.9 Å². The first-order valence-electron chi connectivity index (χ1n) is 12.5. The van der Waals surface area contributed by atoms with E-state index in [0.717, 1.165) is 11.1 Å². The number of aromatic amines is 1. The fourth-order valence-electron chi connectivity index (χ4n) is 4.72. The average Bonchev–Trinajstić information content (AvgIpc) is 3.66. The van der Waals surface area contributed by atoms with Crippen LogP contribution in [-0.4, -0.2) is 56.4 Å². The minimum atomic E-state index is -0.822. The van der Waals surface area contributed by atoms with Gasteiger partial charge >= 0.3 is 11.9 Å². The predicted octanol–water partition coefficient (Wildman–Crippen LogP) is 1.76. The van der Waals surface area contributed by atoms with Gasteiger partial charge in [0.2, 0.25) is 5.95 Å². The van der Waals surface area contributed by atoms with Crippen molar-refractivity contribution >= 4 is 29.1 Å². The summed E-state index contributed by atoms with van der Waals surface area (Å²) in [4.78, 5) is 47.7. The van der Waals surface area contributed by atoms with Crippen LogP contribution in [0.2, 0.25) is 0 Å². The van der Waals surface area contributed by atoms with E-state index in [9.17, 15) is 14.4 Å². The fraction of sp³-hybridized carbons (Fsp3) is 0.296. The topological polar surface area (TPSA) is 170 Å². The summed E-state index contributed by atoms with van der Waals surface area (Å²) in [5.41, 5.74) is 7.15. The van der Waals surface area contributed by atoms with E-state index >= 15 is 0 Å². The van der Waals surface area contributed by atoms with Crippen LogP contribution in [0.1, 0.15) is 30.1 Å². The number of esters is 2. The second-order valence-electron chi connectivity index (χ2n) is 9.29. The summed E-state index contributed by atoms with van der Waals surface area (Å²) >= 11 is 0. The van der Waals surface area contributed by atoms with Crippen LogP contribution in [0.4, 0.5) is 5.95 Å². The van der Waals surface area contributed by atoms with Crippen LogP contribution in [0, 0.1) is 0 Å². The van der Waals surface area contributed by atoms with Crippen molar-refractivity contribution in [1.29, 1.82) is 0 Å². The van der Waals surface area contributed by atoms with Gasteiger partial charge < -0.3 is 29.4 Å². The molecule has 2 aromatic carbocycles. The lowest BCUT2D eigenvalue weighted by molar-refractivity contribution is -0.169. The van der Waals surface area contributed by atoms with Crippen molar-refractivity contribution in [2.75, 3.05) is 12.3 Å². The number of nitrogens with two attached hydrogens (primary N) is 1. The molecule has 2 fully saturated rings. The molecule has 2 aromatic heterocycles. The van der Waals surface area contributed by atoms with Crippen LogP contribution in [-0.2, 0) is 39.9 Å². The van der Waals surface area contributed by atoms with Crippen LogP contribution >= 0.6 is 0 Å². The zero-order valence-electron chi connectivity index (χ0n) is 21.0. The van der Waals surface area contributed by atoms with Crippen molar-refractivity contribution in [3.8, 4) is 0 Å². The summed E-state index contributed by atoms with van der Waals surface area (Å²) < 4.78 is 30.7. The first-order valence-corrected chi connectivity index (χ1v) is 12.5. The van der Waals surface area contributed by atoms with Crippen molar-refractivity contribution in [1.82, 2.24) is 19.5 Å². The van der Waals surface area contributed by atoms with E-state index in [1.165, 1.54) is 10.9 Å². The van der Waals surface area contributed by atoms with E-state index in [1.807, 2.05) is 60.7 Å². The molecule has 13 nitrogen and oxygen atoms in total. The number of H-pyrrole nitrogens is 1. The van der Waals surface area contributed by atoms with Gasteiger partial charge in [0, 0.05) is 5.56 Å². The summed E-state index contributed by atoms with van der Waals surface area (Å²) in [5.74, 6) is -1.56. The maximum atomic E-state index is 12.4. The molecule has 40 heavy (non-hydrogen) atoms. The molecule has 2 aliphatic heterocycles. The normalized spacial score (nSPS) is 23.6. The van der Waals surface area contributed by atoms with Gasteiger partial charge in [0.05, 0.1) is 6.33 Å². The third-order valence-corrected chi connectivity index (χ3v) is 6.58. The van der Waals surface area contributed by atoms with Crippen molar-refractivity contribution < 1.29 is 33.3 Å². The highest BCUT2D eigenvalue weighted by Crippen LogP contribution is 2.44. The quantitative estimate of drug-likeness (QED) is 0.243. The Bertz CT molecular complexity index is 1570. The van der Waals surface area contributed by atoms with Gasteiger partial charge in [-0.1, -0.05) is 60.7 Å². The number of imidazole rings is 1.